The van der Waals surface area contributed by atoms with Gasteiger partial charge in [0.25, 0.3) is 0 Å². The van der Waals surface area contributed by atoms with Crippen molar-refractivity contribution in [3.8, 4) is 0 Å². The van der Waals surface area contributed by atoms with E-state index in [4.69, 9.17) is 10.5 Å². The lowest BCUT2D eigenvalue weighted by Crippen LogP contribution is -2.56. The summed E-state index contributed by atoms with van der Waals surface area (Å²) in [6.07, 6.45) is 7.95. The molecule has 1 saturated heterocycles. The van der Waals surface area contributed by atoms with Gasteiger partial charge in [-0.1, -0.05) is 42.5 Å². The van der Waals surface area contributed by atoms with Crippen LogP contribution >= 0.6 is 0 Å². The van der Waals surface area contributed by atoms with Gasteiger partial charge in [0.1, 0.15) is 17.7 Å². The van der Waals surface area contributed by atoms with Crippen molar-refractivity contribution in [2.45, 2.75) is 95.2 Å². The number of aryl methyl sites for hydroxylation is 1. The maximum atomic E-state index is 13.9. The van der Waals surface area contributed by atoms with Gasteiger partial charge in [-0.15, -0.1) is 0 Å². The van der Waals surface area contributed by atoms with E-state index in [1.54, 1.807) is 20.8 Å². The van der Waals surface area contributed by atoms with Crippen LogP contribution in [-0.2, 0) is 32.6 Å². The number of fused-ring (bicyclic) bond motifs is 3. The van der Waals surface area contributed by atoms with Gasteiger partial charge in [-0.25, -0.2) is 9.59 Å². The Balaban J connectivity index is 1.31. The molecular formula is C35H47N5O4. The zero-order valence-corrected chi connectivity index (χ0v) is 26.3. The van der Waals surface area contributed by atoms with E-state index in [0.717, 1.165) is 48.6 Å². The number of nitrogens with zero attached hydrogens (tertiary/aromatic N) is 1. The molecule has 2 aliphatic rings. The number of para-hydroxylation sites is 1. The van der Waals surface area contributed by atoms with Crippen LogP contribution in [0.5, 0.6) is 0 Å². The van der Waals surface area contributed by atoms with Crippen molar-refractivity contribution in [3.63, 3.8) is 0 Å². The fourth-order valence-corrected chi connectivity index (χ4v) is 6.78. The minimum atomic E-state index is -0.885. The molecule has 0 saturated carbocycles. The van der Waals surface area contributed by atoms with Gasteiger partial charge in [0.15, 0.2) is 0 Å². The number of benzene rings is 2. The van der Waals surface area contributed by atoms with E-state index in [9.17, 15) is 14.4 Å². The summed E-state index contributed by atoms with van der Waals surface area (Å²) in [5.74, 6) is -0.899. The van der Waals surface area contributed by atoms with E-state index < -0.39 is 29.6 Å². The standard InChI is InChI=1S/C35H47N5O4/c1-34(2,3)44-32(42)29(14-8-9-19-36)38-31(41)30(22-25-23-37-28-13-7-5-11-26(25)28)39-33(43)40-20-17-35(18-21-40)16-15-24-10-4-6-12-27(24)35/h4-7,10-13,23,29-30,37H,8-9,14-22,36H2,1-3H3,(H,38,41)(H,39,43)/t29-,30+/m0/s1. The predicted molar refractivity (Wildman–Crippen MR) is 172 cm³/mol. The van der Waals surface area contributed by atoms with Crippen molar-refractivity contribution in [1.82, 2.24) is 20.5 Å². The second-order valence-corrected chi connectivity index (χ2v) is 13.4. The first-order valence-electron chi connectivity index (χ1n) is 16.0. The maximum absolute atomic E-state index is 13.9. The van der Waals surface area contributed by atoms with Gasteiger partial charge in [-0.3, -0.25) is 4.79 Å². The van der Waals surface area contributed by atoms with E-state index in [1.807, 2.05) is 35.4 Å². The van der Waals surface area contributed by atoms with Crippen LogP contribution in [0.4, 0.5) is 4.79 Å². The smallest absolute Gasteiger partial charge is 0.329 e. The third kappa shape index (κ3) is 7.26. The molecule has 1 spiro atoms. The second-order valence-electron chi connectivity index (χ2n) is 13.4. The summed E-state index contributed by atoms with van der Waals surface area (Å²) in [4.78, 5) is 45.8. The number of nitrogens with two attached hydrogens (primary N) is 1. The predicted octanol–water partition coefficient (Wildman–Crippen LogP) is 4.72. The number of urea groups is 1. The largest absolute Gasteiger partial charge is 0.458 e. The Kier molecular flexibility index (Phi) is 9.63. The number of amides is 3. The van der Waals surface area contributed by atoms with Crippen LogP contribution < -0.4 is 16.4 Å². The average Bonchev–Trinajstić information content (AvgIpc) is 3.57. The first kappa shape index (κ1) is 31.6. The average molecular weight is 602 g/mol. The molecule has 2 heterocycles. The number of aromatic nitrogens is 1. The van der Waals surface area contributed by atoms with Gasteiger partial charge >= 0.3 is 12.0 Å². The summed E-state index contributed by atoms with van der Waals surface area (Å²) in [6.45, 7) is 7.16. The molecule has 236 valence electrons. The Labute approximate surface area is 260 Å². The Morgan fingerprint density at radius 1 is 0.977 bits per heavy atom. The number of likely N-dealkylation sites (tertiary alicyclic amines) is 1. The number of hydrogen-bond donors (Lipinski definition) is 4. The van der Waals surface area contributed by atoms with Gasteiger partial charge in [0, 0.05) is 36.6 Å². The highest BCUT2D eigenvalue weighted by molar-refractivity contribution is 5.92. The molecule has 0 unspecified atom stereocenters. The maximum Gasteiger partial charge on any atom is 0.329 e. The number of unbranched alkanes of at least 4 members (excludes halogenated alkanes) is 1. The SMILES string of the molecule is CC(C)(C)OC(=O)[C@H](CCCCN)NC(=O)[C@@H](Cc1c[nH]c2ccccc12)NC(=O)N1CCC2(CCc3ccccc32)CC1. The lowest BCUT2D eigenvalue weighted by Gasteiger charge is -2.40. The second kappa shape index (κ2) is 13.4. The third-order valence-corrected chi connectivity index (χ3v) is 9.14. The number of carbonyl (C=O) groups excluding carboxylic acids is 3. The number of rotatable bonds is 10. The number of piperidine rings is 1. The molecule has 1 aliphatic carbocycles. The van der Waals surface area contributed by atoms with E-state index >= 15 is 0 Å². The molecule has 3 aromatic rings. The van der Waals surface area contributed by atoms with Crippen LogP contribution in [0.3, 0.4) is 0 Å². The summed E-state index contributed by atoms with van der Waals surface area (Å²) in [7, 11) is 0. The molecule has 5 N–H and O–H groups in total. The molecule has 5 rings (SSSR count). The fraction of sp³-hybridized carbons (Fsp3) is 0.514. The molecule has 3 amide bonds. The van der Waals surface area contributed by atoms with Crippen LogP contribution in [0.1, 0.15) is 76.0 Å². The van der Waals surface area contributed by atoms with Crippen molar-refractivity contribution in [3.05, 3.63) is 71.4 Å². The van der Waals surface area contributed by atoms with Gasteiger partial charge in [0.2, 0.25) is 5.91 Å². The van der Waals surface area contributed by atoms with Gasteiger partial charge in [-0.2, -0.15) is 0 Å². The minimum Gasteiger partial charge on any atom is -0.458 e. The number of carbonyl (C=O) groups is 3. The van der Waals surface area contributed by atoms with Gasteiger partial charge in [0.05, 0.1) is 0 Å². The van der Waals surface area contributed by atoms with Gasteiger partial charge < -0.3 is 31.0 Å². The van der Waals surface area contributed by atoms with E-state index in [2.05, 4.69) is 39.9 Å². The molecule has 1 aliphatic heterocycles. The van der Waals surface area contributed by atoms with Crippen LogP contribution in [0, 0.1) is 0 Å². The summed E-state index contributed by atoms with van der Waals surface area (Å²) in [5.41, 5.74) is 9.84. The number of esters is 1. The quantitative estimate of drug-likeness (QED) is 0.197. The monoisotopic (exact) mass is 601 g/mol. The molecule has 44 heavy (non-hydrogen) atoms. The van der Waals surface area contributed by atoms with Crippen molar-refractivity contribution >= 4 is 28.8 Å². The Bertz CT molecular complexity index is 1470. The van der Waals surface area contributed by atoms with Crippen molar-refractivity contribution in [2.24, 2.45) is 5.73 Å². The summed E-state index contributed by atoms with van der Waals surface area (Å²) >= 11 is 0. The highest BCUT2D eigenvalue weighted by Gasteiger charge is 2.42. The van der Waals surface area contributed by atoms with E-state index in [1.165, 1.54) is 11.1 Å². The molecule has 2 atom stereocenters. The summed E-state index contributed by atoms with van der Waals surface area (Å²) in [6, 6.07) is 14.6. The molecule has 1 aromatic heterocycles. The zero-order chi connectivity index (χ0) is 31.3. The van der Waals surface area contributed by atoms with E-state index in [0.29, 0.717) is 32.5 Å². The lowest BCUT2D eigenvalue weighted by atomic mass is 9.74. The van der Waals surface area contributed by atoms with Crippen LogP contribution in [0.25, 0.3) is 10.9 Å². The van der Waals surface area contributed by atoms with E-state index in [-0.39, 0.29) is 17.9 Å². The first-order valence-corrected chi connectivity index (χ1v) is 16.0. The van der Waals surface area contributed by atoms with Crippen LogP contribution in [0.2, 0.25) is 0 Å². The van der Waals surface area contributed by atoms with Crippen LogP contribution in [0.15, 0.2) is 54.7 Å². The van der Waals surface area contributed by atoms with Crippen molar-refractivity contribution < 1.29 is 19.1 Å². The Hall–Kier alpha value is -3.85. The fourth-order valence-electron chi connectivity index (χ4n) is 6.78. The van der Waals surface area contributed by atoms with Crippen LogP contribution in [-0.4, -0.2) is 65.1 Å². The molecule has 1 fully saturated rings. The zero-order valence-electron chi connectivity index (χ0n) is 26.3. The molecule has 0 bridgehead atoms. The number of ether oxygens (including phenoxy) is 1. The first-order chi connectivity index (χ1) is 21.1. The summed E-state index contributed by atoms with van der Waals surface area (Å²) in [5, 5.41) is 6.95. The molecular weight excluding hydrogens is 554 g/mol. The Morgan fingerprint density at radius 2 is 1.70 bits per heavy atom. The highest BCUT2D eigenvalue weighted by atomic mass is 16.6. The number of aromatic amines is 1. The molecule has 9 nitrogen and oxygen atoms in total. The minimum absolute atomic E-state index is 0.123. The van der Waals surface area contributed by atoms with Crippen molar-refractivity contribution in [1.29, 1.82) is 0 Å². The Morgan fingerprint density at radius 3 is 2.45 bits per heavy atom. The highest BCUT2D eigenvalue weighted by Crippen LogP contribution is 2.46. The number of H-pyrrole nitrogens is 1. The van der Waals surface area contributed by atoms with Crippen molar-refractivity contribution in [2.75, 3.05) is 19.6 Å². The summed E-state index contributed by atoms with van der Waals surface area (Å²) < 4.78 is 5.64. The normalized spacial score (nSPS) is 17.2. The third-order valence-electron chi connectivity index (χ3n) is 9.14. The number of hydrogen-bond acceptors (Lipinski definition) is 5. The topological polar surface area (TPSA) is 130 Å². The molecule has 2 aromatic carbocycles. The number of nitrogens with one attached hydrogen (secondary N) is 3. The molecule has 0 radical (unpaired) electrons. The van der Waals surface area contributed by atoms with Gasteiger partial charge in [-0.05, 0) is 100 Å². The molecule has 9 heteroatoms. The lowest BCUT2D eigenvalue weighted by molar-refractivity contribution is -0.159.